The summed E-state index contributed by atoms with van der Waals surface area (Å²) in [6.45, 7) is 6.30. The van der Waals surface area contributed by atoms with E-state index in [9.17, 15) is 28.8 Å². The fraction of sp³-hybridized carbons (Fsp3) is 0.903. The van der Waals surface area contributed by atoms with Crippen LogP contribution in [0.2, 0.25) is 0 Å². The van der Waals surface area contributed by atoms with Crippen molar-refractivity contribution in [2.45, 2.75) is 309 Å². The maximum absolute atomic E-state index is 12.9. The highest BCUT2D eigenvalue weighted by Gasteiger charge is 2.38. The molecule has 12 heteroatoms. The maximum Gasteiger partial charge on any atom is 0.306 e. The number of carbonyl (C=O) groups is 6. The van der Waals surface area contributed by atoms with Crippen molar-refractivity contribution in [2.24, 2.45) is 11.8 Å². The number of unbranched alkanes of at least 4 members (excludes halogenated alkanes) is 36. The minimum absolute atomic E-state index is 0.0168. The van der Waals surface area contributed by atoms with Gasteiger partial charge in [0.15, 0.2) is 0 Å². The third kappa shape index (κ3) is 36.9. The SMILES string of the molecule is CCCCCCCCCCCCCCCCCCC1CC(=O)N(CCCCCCOC(=O)CCSSCCC(=O)OCCCCCCN2C(=O)CC(CCCCCCCCCCCCCCCCCC)C2=O)C1=O. The molecular formula is C62H112N2O8S2. The summed E-state index contributed by atoms with van der Waals surface area (Å²) < 4.78 is 10.8. The van der Waals surface area contributed by atoms with Crippen molar-refractivity contribution in [1.29, 1.82) is 0 Å². The molecule has 0 saturated carbocycles. The van der Waals surface area contributed by atoms with Crippen molar-refractivity contribution in [1.82, 2.24) is 9.80 Å². The molecule has 430 valence electrons. The van der Waals surface area contributed by atoms with Crippen LogP contribution >= 0.6 is 21.6 Å². The van der Waals surface area contributed by atoms with Crippen molar-refractivity contribution in [3.05, 3.63) is 0 Å². The third-order valence-electron chi connectivity index (χ3n) is 15.4. The van der Waals surface area contributed by atoms with E-state index in [1.807, 2.05) is 0 Å². The van der Waals surface area contributed by atoms with E-state index in [1.54, 1.807) is 21.6 Å². The molecule has 0 N–H and O–H groups in total. The lowest BCUT2D eigenvalue weighted by atomic mass is 9.98. The normalized spacial score (nSPS) is 15.9. The highest BCUT2D eigenvalue weighted by molar-refractivity contribution is 8.76. The summed E-state index contributed by atoms with van der Waals surface area (Å²) in [7, 11) is 3.11. The molecular weight excluding hydrogens is 965 g/mol. The van der Waals surface area contributed by atoms with Gasteiger partial charge in [-0.2, -0.15) is 0 Å². The van der Waals surface area contributed by atoms with Crippen molar-refractivity contribution in [2.75, 3.05) is 37.8 Å². The average Bonchev–Trinajstić information content (AvgIpc) is 3.82. The Labute approximate surface area is 461 Å². The topological polar surface area (TPSA) is 127 Å². The van der Waals surface area contributed by atoms with Crippen LogP contribution in [-0.4, -0.2) is 83.2 Å². The summed E-state index contributed by atoms with van der Waals surface area (Å²) in [5, 5.41) is 0. The Balaban J connectivity index is 1.31. The fourth-order valence-corrected chi connectivity index (χ4v) is 12.6. The summed E-state index contributed by atoms with van der Waals surface area (Å²) in [5.41, 5.74) is 0. The quantitative estimate of drug-likeness (QED) is 0.0251. The Morgan fingerprint density at radius 1 is 0.378 bits per heavy atom. The molecule has 2 fully saturated rings. The summed E-state index contributed by atoms with van der Waals surface area (Å²) >= 11 is 0. The van der Waals surface area contributed by atoms with E-state index in [4.69, 9.17) is 9.47 Å². The molecule has 0 bridgehead atoms. The van der Waals surface area contributed by atoms with Gasteiger partial charge in [0.1, 0.15) is 0 Å². The standard InChI is InChI=1S/C62H112N2O8S2/c1-3-5-7-9-11-13-15-17-19-21-23-25-27-29-31-37-43-55-53-57(65)63(61(55)69)47-39-33-35-41-49-71-59(67)45-51-73-74-52-46-60(68)72-50-42-36-34-40-48-64-58(66)54-56(62(64)70)44-38-32-30-28-26-24-22-20-18-16-14-12-10-8-6-4-2/h55-56H,3-54H2,1-2H3. The predicted molar refractivity (Wildman–Crippen MR) is 311 cm³/mol. The van der Waals surface area contributed by atoms with Crippen molar-refractivity contribution in [3.63, 3.8) is 0 Å². The first kappa shape index (κ1) is 68.0. The molecule has 2 saturated heterocycles. The summed E-state index contributed by atoms with van der Waals surface area (Å²) in [4.78, 5) is 78.4. The van der Waals surface area contributed by atoms with Crippen LogP contribution < -0.4 is 0 Å². The lowest BCUT2D eigenvalue weighted by Gasteiger charge is -2.15. The van der Waals surface area contributed by atoms with Crippen molar-refractivity contribution >= 4 is 57.2 Å². The molecule has 2 aliphatic heterocycles. The first-order valence-electron chi connectivity index (χ1n) is 31.5. The minimum Gasteiger partial charge on any atom is -0.466 e. The maximum atomic E-state index is 12.9. The predicted octanol–water partition coefficient (Wildman–Crippen LogP) is 17.4. The number of hydrogen-bond donors (Lipinski definition) is 0. The molecule has 74 heavy (non-hydrogen) atoms. The summed E-state index contributed by atoms with van der Waals surface area (Å²) in [6.07, 6.45) is 52.2. The van der Waals surface area contributed by atoms with Gasteiger partial charge >= 0.3 is 11.9 Å². The molecule has 4 amide bonds. The zero-order valence-corrected chi connectivity index (χ0v) is 49.5. The van der Waals surface area contributed by atoms with Gasteiger partial charge in [-0.3, -0.25) is 38.6 Å². The van der Waals surface area contributed by atoms with Gasteiger partial charge in [0, 0.05) is 49.3 Å². The van der Waals surface area contributed by atoms with Crippen molar-refractivity contribution in [3.8, 4) is 0 Å². The minimum atomic E-state index is -0.218. The molecule has 2 rings (SSSR count). The summed E-state index contributed by atoms with van der Waals surface area (Å²) in [6, 6.07) is 0. The van der Waals surface area contributed by atoms with Gasteiger partial charge < -0.3 is 9.47 Å². The zero-order valence-electron chi connectivity index (χ0n) is 47.9. The van der Waals surface area contributed by atoms with Crippen LogP contribution in [0.15, 0.2) is 0 Å². The second kappa shape index (κ2) is 49.2. The van der Waals surface area contributed by atoms with Gasteiger partial charge in [-0.05, 0) is 51.4 Å². The van der Waals surface area contributed by atoms with Gasteiger partial charge in [0.25, 0.3) is 0 Å². The highest BCUT2D eigenvalue weighted by Crippen LogP contribution is 2.28. The van der Waals surface area contributed by atoms with Crippen LogP contribution in [0, 0.1) is 11.8 Å². The van der Waals surface area contributed by atoms with Crippen LogP contribution in [0.4, 0.5) is 0 Å². The van der Waals surface area contributed by atoms with E-state index in [2.05, 4.69) is 13.8 Å². The van der Waals surface area contributed by atoms with E-state index in [1.165, 1.54) is 190 Å². The lowest BCUT2D eigenvalue weighted by molar-refractivity contribution is -0.144. The first-order chi connectivity index (χ1) is 36.3. The number of imide groups is 2. The van der Waals surface area contributed by atoms with Crippen LogP contribution in [0.5, 0.6) is 0 Å². The number of rotatable bonds is 55. The number of ether oxygens (including phenoxy) is 2. The van der Waals surface area contributed by atoms with Crippen LogP contribution in [0.1, 0.15) is 309 Å². The molecule has 0 radical (unpaired) electrons. The first-order valence-corrected chi connectivity index (χ1v) is 34.0. The molecule has 10 nitrogen and oxygen atoms in total. The van der Waals surface area contributed by atoms with Crippen molar-refractivity contribution < 1.29 is 38.2 Å². The van der Waals surface area contributed by atoms with E-state index < -0.39 is 0 Å². The number of hydrogen-bond acceptors (Lipinski definition) is 10. The molecule has 2 aliphatic rings. The monoisotopic (exact) mass is 1080 g/mol. The number of likely N-dealkylation sites (tertiary alicyclic amines) is 2. The van der Waals surface area contributed by atoms with Crippen LogP contribution in [0.3, 0.4) is 0 Å². The molecule has 0 aromatic carbocycles. The molecule has 0 spiro atoms. The molecule has 2 unspecified atom stereocenters. The van der Waals surface area contributed by atoms with Gasteiger partial charge in [-0.15, -0.1) is 0 Å². The average molecular weight is 1080 g/mol. The number of esters is 2. The third-order valence-corrected chi connectivity index (χ3v) is 17.8. The Kier molecular flexibility index (Phi) is 45.3. The van der Waals surface area contributed by atoms with E-state index >= 15 is 0 Å². The Hall–Kier alpha value is -2.08. The Morgan fingerprint density at radius 2 is 0.635 bits per heavy atom. The molecule has 0 aromatic rings. The fourth-order valence-electron chi connectivity index (χ4n) is 10.6. The Bertz CT molecular complexity index is 1330. The molecule has 0 aliphatic carbocycles. The molecule has 0 aromatic heterocycles. The van der Waals surface area contributed by atoms with Gasteiger partial charge in [0.2, 0.25) is 23.6 Å². The Morgan fingerprint density at radius 3 is 0.932 bits per heavy atom. The van der Waals surface area contributed by atoms with Crippen LogP contribution in [-0.2, 0) is 38.2 Å². The zero-order chi connectivity index (χ0) is 53.4. The summed E-state index contributed by atoms with van der Waals surface area (Å²) in [5.74, 6) is 0.548. The van der Waals surface area contributed by atoms with E-state index in [-0.39, 0.29) is 47.4 Å². The van der Waals surface area contributed by atoms with Gasteiger partial charge in [-0.25, -0.2) is 0 Å². The van der Waals surface area contributed by atoms with Gasteiger partial charge in [-0.1, -0.05) is 254 Å². The number of carbonyl (C=O) groups excluding carboxylic acids is 6. The number of amides is 4. The smallest absolute Gasteiger partial charge is 0.306 e. The largest absolute Gasteiger partial charge is 0.466 e. The highest BCUT2D eigenvalue weighted by atomic mass is 33.1. The van der Waals surface area contributed by atoms with E-state index in [0.717, 1.165) is 89.9 Å². The molecule has 2 heterocycles. The lowest BCUT2D eigenvalue weighted by Crippen LogP contribution is -2.31. The number of nitrogens with zero attached hydrogens (tertiary/aromatic N) is 2. The second-order valence-corrected chi connectivity index (χ2v) is 24.9. The molecule has 2 atom stereocenters. The van der Waals surface area contributed by atoms with Crippen LogP contribution in [0.25, 0.3) is 0 Å². The van der Waals surface area contributed by atoms with Gasteiger partial charge in [0.05, 0.1) is 26.1 Å². The van der Waals surface area contributed by atoms with E-state index in [0.29, 0.717) is 63.5 Å². The second-order valence-electron chi connectivity index (χ2n) is 22.2.